The Labute approximate surface area is 148 Å². The zero-order valence-corrected chi connectivity index (χ0v) is 14.7. The van der Waals surface area contributed by atoms with Gasteiger partial charge in [0.05, 0.1) is 11.0 Å². The number of ketones is 1. The Morgan fingerprint density at radius 2 is 1.68 bits per heavy atom. The van der Waals surface area contributed by atoms with Gasteiger partial charge in [0.15, 0.2) is 0 Å². The largest absolute Gasteiger partial charge is 0.338 e. The Morgan fingerprint density at radius 1 is 1.08 bits per heavy atom. The minimum Gasteiger partial charge on any atom is -0.338 e. The van der Waals surface area contributed by atoms with Gasteiger partial charge in [-0.3, -0.25) is 9.59 Å². The number of hydrogen-bond donors (Lipinski definition) is 0. The number of carbonyl (C=O) groups excluding carboxylic acids is 2. The second-order valence-electron chi connectivity index (χ2n) is 6.54. The second kappa shape index (κ2) is 7.13. The average molecular weight is 337 g/mol. The van der Waals surface area contributed by atoms with E-state index in [0.717, 1.165) is 17.8 Å². The Morgan fingerprint density at radius 3 is 2.20 bits per heavy atom. The van der Waals surface area contributed by atoms with E-state index < -0.39 is 5.41 Å². The Kier molecular flexibility index (Phi) is 4.93. The maximum atomic E-state index is 12.7. The summed E-state index contributed by atoms with van der Waals surface area (Å²) in [6.07, 6.45) is 5.23. The summed E-state index contributed by atoms with van der Waals surface area (Å²) in [5.41, 5.74) is 1.07. The molecule has 1 aliphatic heterocycles. The van der Waals surface area contributed by atoms with Crippen LogP contribution < -0.4 is 0 Å². The number of aryl methyl sites for hydroxylation is 1. The minimum atomic E-state index is -0.486. The highest BCUT2D eigenvalue weighted by Gasteiger charge is 2.41. The molecule has 0 N–H and O–H groups in total. The number of rotatable bonds is 4. The van der Waals surface area contributed by atoms with Gasteiger partial charge in [-0.25, -0.2) is 9.97 Å². The van der Waals surface area contributed by atoms with Crippen molar-refractivity contribution in [2.24, 2.45) is 0 Å². The fourth-order valence-electron chi connectivity index (χ4n) is 3.52. The molecular formula is C20H23N3O2. The van der Waals surface area contributed by atoms with Crippen LogP contribution in [0.3, 0.4) is 0 Å². The summed E-state index contributed by atoms with van der Waals surface area (Å²) in [4.78, 5) is 35.3. The van der Waals surface area contributed by atoms with E-state index in [1.807, 2.05) is 37.3 Å². The Balaban J connectivity index is 1.75. The van der Waals surface area contributed by atoms with E-state index in [9.17, 15) is 9.59 Å². The highest BCUT2D eigenvalue weighted by molar-refractivity contribution is 5.94. The van der Waals surface area contributed by atoms with Crippen LogP contribution in [0.2, 0.25) is 0 Å². The predicted molar refractivity (Wildman–Crippen MR) is 95.3 cm³/mol. The first-order valence-corrected chi connectivity index (χ1v) is 8.73. The molecule has 1 aromatic heterocycles. The van der Waals surface area contributed by atoms with E-state index in [0.29, 0.717) is 31.5 Å². The smallest absolute Gasteiger partial charge is 0.256 e. The first-order valence-electron chi connectivity index (χ1n) is 8.73. The maximum Gasteiger partial charge on any atom is 0.256 e. The predicted octanol–water partition coefficient (Wildman–Crippen LogP) is 2.80. The van der Waals surface area contributed by atoms with Gasteiger partial charge in [-0.2, -0.15) is 0 Å². The van der Waals surface area contributed by atoms with Gasteiger partial charge in [-0.1, -0.05) is 37.3 Å². The summed E-state index contributed by atoms with van der Waals surface area (Å²) < 4.78 is 0. The van der Waals surface area contributed by atoms with E-state index in [1.165, 1.54) is 0 Å². The third-order valence-electron chi connectivity index (χ3n) is 5.17. The molecule has 3 rings (SSSR count). The summed E-state index contributed by atoms with van der Waals surface area (Å²) >= 11 is 0. The fourth-order valence-corrected chi connectivity index (χ4v) is 3.52. The normalized spacial score (nSPS) is 16.5. The van der Waals surface area contributed by atoms with Crippen molar-refractivity contribution in [2.45, 2.75) is 38.5 Å². The van der Waals surface area contributed by atoms with Gasteiger partial charge in [-0.15, -0.1) is 0 Å². The SMILES string of the molecule is CCc1ncc(C(=O)N2CCC(C(C)=O)(c3ccccc3)CC2)cn1. The summed E-state index contributed by atoms with van der Waals surface area (Å²) in [5.74, 6) is 0.837. The number of aromatic nitrogens is 2. The third-order valence-corrected chi connectivity index (χ3v) is 5.17. The van der Waals surface area contributed by atoms with Gasteiger partial charge in [0.2, 0.25) is 0 Å². The standard InChI is InChI=1S/C20H23N3O2/c1-3-18-21-13-16(14-22-18)19(25)23-11-9-20(10-12-23,15(2)24)17-7-5-4-6-8-17/h4-8,13-14H,3,9-12H2,1-2H3. The molecule has 130 valence electrons. The van der Waals surface area contributed by atoms with Gasteiger partial charge in [0, 0.05) is 31.9 Å². The minimum absolute atomic E-state index is 0.0622. The zero-order valence-electron chi connectivity index (χ0n) is 14.7. The molecule has 2 aromatic rings. The summed E-state index contributed by atoms with van der Waals surface area (Å²) in [6, 6.07) is 9.90. The first kappa shape index (κ1) is 17.3. The maximum absolute atomic E-state index is 12.7. The van der Waals surface area contributed by atoms with Crippen molar-refractivity contribution in [3.63, 3.8) is 0 Å². The van der Waals surface area contributed by atoms with Crippen LogP contribution in [0.25, 0.3) is 0 Å². The van der Waals surface area contributed by atoms with E-state index in [-0.39, 0.29) is 11.7 Å². The van der Waals surface area contributed by atoms with Crippen LogP contribution in [0.5, 0.6) is 0 Å². The fraction of sp³-hybridized carbons (Fsp3) is 0.400. The molecule has 0 bridgehead atoms. The lowest BCUT2D eigenvalue weighted by molar-refractivity contribution is -0.124. The van der Waals surface area contributed by atoms with E-state index in [2.05, 4.69) is 9.97 Å². The summed E-state index contributed by atoms with van der Waals surface area (Å²) in [7, 11) is 0. The van der Waals surface area contributed by atoms with Crippen LogP contribution in [-0.2, 0) is 16.6 Å². The zero-order chi connectivity index (χ0) is 17.9. The number of hydrogen-bond acceptors (Lipinski definition) is 4. The number of Topliss-reactive ketones (excluding diaryl/α,β-unsaturated/α-hetero) is 1. The van der Waals surface area contributed by atoms with Gasteiger partial charge >= 0.3 is 0 Å². The molecule has 1 fully saturated rings. The molecule has 0 spiro atoms. The van der Waals surface area contributed by atoms with Crippen molar-refractivity contribution < 1.29 is 9.59 Å². The summed E-state index contributed by atoms with van der Waals surface area (Å²) in [5, 5.41) is 0. The molecule has 0 saturated carbocycles. The van der Waals surface area contributed by atoms with Crippen molar-refractivity contribution in [2.75, 3.05) is 13.1 Å². The number of likely N-dealkylation sites (tertiary alicyclic amines) is 1. The number of carbonyl (C=O) groups is 2. The molecule has 5 heteroatoms. The van der Waals surface area contributed by atoms with Crippen molar-refractivity contribution in [3.05, 3.63) is 59.7 Å². The van der Waals surface area contributed by atoms with Crippen LogP contribution >= 0.6 is 0 Å². The highest BCUT2D eigenvalue weighted by Crippen LogP contribution is 2.36. The van der Waals surface area contributed by atoms with Crippen LogP contribution in [-0.4, -0.2) is 39.6 Å². The molecule has 25 heavy (non-hydrogen) atoms. The number of amides is 1. The lowest BCUT2D eigenvalue weighted by Gasteiger charge is -2.40. The van der Waals surface area contributed by atoms with Crippen molar-refractivity contribution in [1.82, 2.24) is 14.9 Å². The molecule has 1 saturated heterocycles. The topological polar surface area (TPSA) is 63.2 Å². The lowest BCUT2D eigenvalue weighted by atomic mass is 9.70. The Bertz CT molecular complexity index is 748. The Hall–Kier alpha value is -2.56. The lowest BCUT2D eigenvalue weighted by Crippen LogP contribution is -2.48. The van der Waals surface area contributed by atoms with Gasteiger partial charge in [-0.05, 0) is 25.3 Å². The van der Waals surface area contributed by atoms with Crippen LogP contribution in [0.4, 0.5) is 0 Å². The molecule has 0 radical (unpaired) electrons. The first-order chi connectivity index (χ1) is 12.1. The molecule has 0 unspecified atom stereocenters. The quantitative estimate of drug-likeness (QED) is 0.860. The molecule has 1 aliphatic rings. The van der Waals surface area contributed by atoms with Crippen LogP contribution in [0.15, 0.2) is 42.7 Å². The van der Waals surface area contributed by atoms with Gasteiger partial charge in [0.25, 0.3) is 5.91 Å². The molecule has 0 aliphatic carbocycles. The monoisotopic (exact) mass is 337 g/mol. The molecule has 2 heterocycles. The van der Waals surface area contributed by atoms with Gasteiger partial charge in [0.1, 0.15) is 11.6 Å². The van der Waals surface area contributed by atoms with E-state index in [4.69, 9.17) is 0 Å². The van der Waals surface area contributed by atoms with Crippen molar-refractivity contribution in [1.29, 1.82) is 0 Å². The van der Waals surface area contributed by atoms with Crippen LogP contribution in [0, 0.1) is 0 Å². The molecule has 1 amide bonds. The third kappa shape index (κ3) is 3.31. The molecule has 1 aromatic carbocycles. The molecular weight excluding hydrogens is 314 g/mol. The summed E-state index contributed by atoms with van der Waals surface area (Å²) in [6.45, 7) is 4.75. The number of benzene rings is 1. The van der Waals surface area contributed by atoms with E-state index >= 15 is 0 Å². The van der Waals surface area contributed by atoms with Gasteiger partial charge < -0.3 is 4.90 Å². The second-order valence-corrected chi connectivity index (χ2v) is 6.54. The highest BCUT2D eigenvalue weighted by atomic mass is 16.2. The number of piperidine rings is 1. The van der Waals surface area contributed by atoms with E-state index in [1.54, 1.807) is 24.2 Å². The average Bonchev–Trinajstić information content (AvgIpc) is 2.68. The van der Waals surface area contributed by atoms with Crippen LogP contribution in [0.1, 0.15) is 48.4 Å². The molecule has 0 atom stereocenters. The molecule has 5 nitrogen and oxygen atoms in total. The van der Waals surface area contributed by atoms with Crippen molar-refractivity contribution in [3.8, 4) is 0 Å². The van der Waals surface area contributed by atoms with Crippen molar-refractivity contribution >= 4 is 11.7 Å². The number of nitrogens with zero attached hydrogens (tertiary/aromatic N) is 3.